The fraction of sp³-hybridized carbons (Fsp3) is 0.294. The lowest BCUT2D eigenvalue weighted by molar-refractivity contribution is 0.354. The summed E-state index contributed by atoms with van der Waals surface area (Å²) >= 11 is 0. The minimum Gasteiger partial charge on any atom is -0.493 e. The lowest BCUT2D eigenvalue weighted by atomic mass is 9.91. The Labute approximate surface area is 124 Å². The average molecular weight is 289 g/mol. The summed E-state index contributed by atoms with van der Waals surface area (Å²) in [5.41, 5.74) is 7.55. The third-order valence-electron chi connectivity index (χ3n) is 3.59. The monoisotopic (exact) mass is 289 g/mol. The van der Waals surface area contributed by atoms with E-state index >= 15 is 0 Å². The van der Waals surface area contributed by atoms with Crippen molar-refractivity contribution in [1.82, 2.24) is 0 Å². The van der Waals surface area contributed by atoms with E-state index in [0.717, 1.165) is 5.56 Å². The van der Waals surface area contributed by atoms with Crippen molar-refractivity contribution < 1.29 is 13.9 Å². The Hall–Kier alpha value is -2.07. The Morgan fingerprint density at radius 3 is 2.38 bits per heavy atom. The van der Waals surface area contributed by atoms with Crippen molar-refractivity contribution in [3.05, 3.63) is 59.4 Å². The van der Waals surface area contributed by atoms with E-state index in [-0.39, 0.29) is 11.7 Å². The molecule has 21 heavy (non-hydrogen) atoms. The Bertz CT molecular complexity index is 601. The van der Waals surface area contributed by atoms with Gasteiger partial charge < -0.3 is 15.2 Å². The first-order valence-corrected chi connectivity index (χ1v) is 6.85. The van der Waals surface area contributed by atoms with Crippen LogP contribution in [0, 0.1) is 5.82 Å². The highest BCUT2D eigenvalue weighted by Crippen LogP contribution is 2.31. The number of ether oxygens (including phenoxy) is 2. The molecule has 0 aliphatic heterocycles. The van der Waals surface area contributed by atoms with Crippen LogP contribution in [-0.2, 0) is 6.42 Å². The smallest absolute Gasteiger partial charge is 0.160 e. The number of rotatable bonds is 6. The maximum Gasteiger partial charge on any atom is 0.160 e. The van der Waals surface area contributed by atoms with Crippen LogP contribution >= 0.6 is 0 Å². The van der Waals surface area contributed by atoms with Crippen LogP contribution in [0.25, 0.3) is 0 Å². The molecule has 0 fully saturated rings. The fourth-order valence-electron chi connectivity index (χ4n) is 2.37. The van der Waals surface area contributed by atoms with Gasteiger partial charge in [0, 0.05) is 5.92 Å². The number of hydrogen-bond acceptors (Lipinski definition) is 3. The molecule has 0 aliphatic rings. The minimum absolute atomic E-state index is 0.0294. The van der Waals surface area contributed by atoms with Gasteiger partial charge in [0.05, 0.1) is 14.2 Å². The lowest BCUT2D eigenvalue weighted by Crippen LogP contribution is -2.15. The van der Waals surface area contributed by atoms with Crippen LogP contribution in [-0.4, -0.2) is 20.8 Å². The molecule has 0 radical (unpaired) electrons. The maximum atomic E-state index is 13.8. The van der Waals surface area contributed by atoms with Crippen LogP contribution < -0.4 is 15.2 Å². The molecular formula is C17H20FNO2. The largest absolute Gasteiger partial charge is 0.493 e. The van der Waals surface area contributed by atoms with Crippen LogP contribution in [0.2, 0.25) is 0 Å². The van der Waals surface area contributed by atoms with Crippen LogP contribution in [0.3, 0.4) is 0 Å². The standard InChI is InChI=1S/C17H20FNO2/c1-20-16-8-7-12(10-17(16)21-2)14(11-19)9-13-5-3-4-6-15(13)18/h3-8,10,14H,9,11,19H2,1-2H3. The Kier molecular flexibility index (Phi) is 5.17. The second-order valence-electron chi connectivity index (χ2n) is 4.84. The van der Waals surface area contributed by atoms with E-state index in [4.69, 9.17) is 15.2 Å². The molecule has 2 rings (SSSR count). The zero-order valence-electron chi connectivity index (χ0n) is 12.3. The van der Waals surface area contributed by atoms with Gasteiger partial charge in [-0.25, -0.2) is 4.39 Å². The van der Waals surface area contributed by atoms with Gasteiger partial charge in [-0.3, -0.25) is 0 Å². The van der Waals surface area contributed by atoms with Gasteiger partial charge in [0.2, 0.25) is 0 Å². The Morgan fingerprint density at radius 1 is 1.05 bits per heavy atom. The van der Waals surface area contributed by atoms with Crippen molar-refractivity contribution in [2.45, 2.75) is 12.3 Å². The third kappa shape index (κ3) is 3.52. The molecule has 112 valence electrons. The van der Waals surface area contributed by atoms with Crippen molar-refractivity contribution in [2.24, 2.45) is 5.73 Å². The molecule has 3 nitrogen and oxygen atoms in total. The van der Waals surface area contributed by atoms with Crippen LogP contribution in [0.15, 0.2) is 42.5 Å². The quantitative estimate of drug-likeness (QED) is 0.888. The van der Waals surface area contributed by atoms with E-state index in [1.807, 2.05) is 24.3 Å². The summed E-state index contributed by atoms with van der Waals surface area (Å²) in [6, 6.07) is 12.5. The summed E-state index contributed by atoms with van der Waals surface area (Å²) < 4.78 is 24.3. The number of halogens is 1. The van der Waals surface area contributed by atoms with Crippen molar-refractivity contribution >= 4 is 0 Å². The van der Waals surface area contributed by atoms with E-state index in [9.17, 15) is 4.39 Å². The molecule has 2 N–H and O–H groups in total. The van der Waals surface area contributed by atoms with Crippen molar-refractivity contribution in [1.29, 1.82) is 0 Å². The molecule has 0 saturated heterocycles. The Balaban J connectivity index is 2.27. The molecule has 1 unspecified atom stereocenters. The summed E-state index contributed by atoms with van der Waals surface area (Å²) in [5, 5.41) is 0. The lowest BCUT2D eigenvalue weighted by Gasteiger charge is -2.18. The minimum atomic E-state index is -0.198. The first-order chi connectivity index (χ1) is 10.2. The predicted molar refractivity (Wildman–Crippen MR) is 81.4 cm³/mol. The molecule has 0 aliphatic carbocycles. The topological polar surface area (TPSA) is 44.5 Å². The third-order valence-corrected chi connectivity index (χ3v) is 3.59. The predicted octanol–water partition coefficient (Wildman–Crippen LogP) is 3.13. The summed E-state index contributed by atoms with van der Waals surface area (Å²) in [6.07, 6.45) is 0.554. The van der Waals surface area contributed by atoms with E-state index in [2.05, 4.69) is 0 Å². The summed E-state index contributed by atoms with van der Waals surface area (Å²) in [7, 11) is 3.19. The zero-order valence-corrected chi connectivity index (χ0v) is 12.3. The molecule has 1 atom stereocenters. The number of methoxy groups -OCH3 is 2. The molecule has 0 amide bonds. The zero-order chi connectivity index (χ0) is 15.2. The molecule has 2 aromatic carbocycles. The maximum absolute atomic E-state index is 13.8. The second kappa shape index (κ2) is 7.09. The van der Waals surface area contributed by atoms with E-state index in [1.165, 1.54) is 6.07 Å². The fourth-order valence-corrected chi connectivity index (χ4v) is 2.37. The second-order valence-corrected chi connectivity index (χ2v) is 4.84. The number of hydrogen-bond donors (Lipinski definition) is 1. The van der Waals surface area contributed by atoms with Gasteiger partial charge in [0.15, 0.2) is 11.5 Å². The molecule has 0 saturated carbocycles. The van der Waals surface area contributed by atoms with Gasteiger partial charge in [-0.05, 0) is 42.3 Å². The average Bonchev–Trinajstić information content (AvgIpc) is 2.53. The van der Waals surface area contributed by atoms with Gasteiger partial charge in [-0.15, -0.1) is 0 Å². The summed E-state index contributed by atoms with van der Waals surface area (Å²) in [6.45, 7) is 0.434. The first-order valence-electron chi connectivity index (χ1n) is 6.85. The van der Waals surface area contributed by atoms with Crippen molar-refractivity contribution in [3.63, 3.8) is 0 Å². The highest BCUT2D eigenvalue weighted by molar-refractivity contribution is 5.44. The molecule has 4 heteroatoms. The van der Waals surface area contributed by atoms with Gasteiger partial charge in [0.1, 0.15) is 5.82 Å². The number of benzene rings is 2. The van der Waals surface area contributed by atoms with E-state index < -0.39 is 0 Å². The van der Waals surface area contributed by atoms with Gasteiger partial charge in [-0.1, -0.05) is 24.3 Å². The van der Waals surface area contributed by atoms with Crippen LogP contribution in [0.5, 0.6) is 11.5 Å². The SMILES string of the molecule is COc1ccc(C(CN)Cc2ccccc2F)cc1OC. The van der Waals surface area contributed by atoms with Gasteiger partial charge in [0.25, 0.3) is 0 Å². The summed E-state index contributed by atoms with van der Waals surface area (Å²) in [5.74, 6) is 1.16. The highest BCUT2D eigenvalue weighted by Gasteiger charge is 2.15. The van der Waals surface area contributed by atoms with Gasteiger partial charge in [-0.2, -0.15) is 0 Å². The first kappa shape index (κ1) is 15.3. The molecule has 0 heterocycles. The van der Waals surface area contributed by atoms with E-state index in [0.29, 0.717) is 30.0 Å². The summed E-state index contributed by atoms with van der Waals surface area (Å²) in [4.78, 5) is 0. The van der Waals surface area contributed by atoms with Crippen LogP contribution in [0.4, 0.5) is 4.39 Å². The molecular weight excluding hydrogens is 269 g/mol. The molecule has 0 spiro atoms. The van der Waals surface area contributed by atoms with Crippen molar-refractivity contribution in [2.75, 3.05) is 20.8 Å². The van der Waals surface area contributed by atoms with E-state index in [1.54, 1.807) is 26.4 Å². The molecule has 0 aromatic heterocycles. The highest BCUT2D eigenvalue weighted by atomic mass is 19.1. The number of nitrogens with two attached hydrogens (primary N) is 1. The van der Waals surface area contributed by atoms with Crippen LogP contribution in [0.1, 0.15) is 17.0 Å². The Morgan fingerprint density at radius 2 is 1.76 bits per heavy atom. The normalized spacial score (nSPS) is 12.0. The molecule has 2 aromatic rings. The van der Waals surface area contributed by atoms with Gasteiger partial charge >= 0.3 is 0 Å². The van der Waals surface area contributed by atoms with Crippen molar-refractivity contribution in [3.8, 4) is 11.5 Å². The molecule has 0 bridgehead atoms.